The molecule has 0 aromatic heterocycles. The van der Waals surface area contributed by atoms with Crippen molar-refractivity contribution in [1.82, 2.24) is 10.2 Å². The van der Waals surface area contributed by atoms with Gasteiger partial charge < -0.3 is 5.32 Å². The lowest BCUT2D eigenvalue weighted by Crippen LogP contribution is -2.38. The summed E-state index contributed by atoms with van der Waals surface area (Å²) >= 11 is 0. The number of nitrogens with zero attached hydrogens (tertiary/aromatic N) is 1. The molecule has 1 fully saturated rings. The van der Waals surface area contributed by atoms with Crippen LogP contribution in [0.2, 0.25) is 0 Å². The van der Waals surface area contributed by atoms with E-state index in [4.69, 9.17) is 0 Å². The van der Waals surface area contributed by atoms with Crippen molar-refractivity contribution in [3.63, 3.8) is 0 Å². The van der Waals surface area contributed by atoms with E-state index in [1.165, 1.54) is 31.5 Å². The molecule has 2 nitrogen and oxygen atoms in total. The maximum atomic E-state index is 3.52. The average Bonchev–Trinajstić information content (AvgIpc) is 2.55. The van der Waals surface area contributed by atoms with Crippen molar-refractivity contribution in [2.75, 3.05) is 19.6 Å². The second-order valence-corrected chi connectivity index (χ2v) is 4.58. The van der Waals surface area contributed by atoms with E-state index in [0.29, 0.717) is 6.04 Å². The molecule has 1 saturated heterocycles. The van der Waals surface area contributed by atoms with Crippen molar-refractivity contribution < 1.29 is 0 Å². The predicted octanol–water partition coefficient (Wildman–Crippen LogP) is 2.26. The van der Waals surface area contributed by atoms with Gasteiger partial charge in [-0.05, 0) is 24.9 Å². The van der Waals surface area contributed by atoms with Crippen molar-refractivity contribution in [3.8, 4) is 0 Å². The van der Waals surface area contributed by atoms with Crippen LogP contribution in [0.25, 0.3) is 0 Å². The maximum Gasteiger partial charge on any atom is 0.0237 e. The fourth-order valence-electron chi connectivity index (χ4n) is 2.42. The standard InChI is InChI=1S/C14H22N2/c1-2-14-11-15-9-6-10-16(14)12-13-7-4-3-5-8-13/h3-5,7-8,14-15H,2,6,9-12H2,1H3. The lowest BCUT2D eigenvalue weighted by molar-refractivity contribution is 0.195. The molecule has 2 heteroatoms. The largest absolute Gasteiger partial charge is 0.315 e. The summed E-state index contributed by atoms with van der Waals surface area (Å²) in [6, 6.07) is 11.5. The highest BCUT2D eigenvalue weighted by atomic mass is 15.2. The summed E-state index contributed by atoms with van der Waals surface area (Å²) in [5.74, 6) is 0. The zero-order valence-corrected chi connectivity index (χ0v) is 10.2. The Morgan fingerprint density at radius 1 is 1.31 bits per heavy atom. The lowest BCUT2D eigenvalue weighted by atomic mass is 10.1. The zero-order chi connectivity index (χ0) is 11.2. The van der Waals surface area contributed by atoms with Crippen LogP contribution in [0.4, 0.5) is 0 Å². The quantitative estimate of drug-likeness (QED) is 0.837. The molecule has 1 N–H and O–H groups in total. The number of benzene rings is 1. The van der Waals surface area contributed by atoms with Gasteiger partial charge in [0.15, 0.2) is 0 Å². The van der Waals surface area contributed by atoms with Gasteiger partial charge in [-0.15, -0.1) is 0 Å². The first-order valence-electron chi connectivity index (χ1n) is 6.39. The fourth-order valence-corrected chi connectivity index (χ4v) is 2.42. The predicted molar refractivity (Wildman–Crippen MR) is 68.4 cm³/mol. The van der Waals surface area contributed by atoms with Gasteiger partial charge in [0.25, 0.3) is 0 Å². The minimum Gasteiger partial charge on any atom is -0.315 e. The molecular formula is C14H22N2. The van der Waals surface area contributed by atoms with Crippen molar-refractivity contribution >= 4 is 0 Å². The molecule has 0 aliphatic carbocycles. The Bertz CT molecular complexity index is 297. The van der Waals surface area contributed by atoms with Gasteiger partial charge in [-0.25, -0.2) is 0 Å². The van der Waals surface area contributed by atoms with Crippen LogP contribution >= 0.6 is 0 Å². The molecule has 0 amide bonds. The van der Waals surface area contributed by atoms with Gasteiger partial charge in [0.1, 0.15) is 0 Å². The van der Waals surface area contributed by atoms with E-state index in [0.717, 1.165) is 13.1 Å². The molecule has 1 aromatic carbocycles. The summed E-state index contributed by atoms with van der Waals surface area (Å²) in [6.45, 7) is 6.92. The van der Waals surface area contributed by atoms with Gasteiger partial charge in [0.05, 0.1) is 0 Å². The Morgan fingerprint density at radius 3 is 2.88 bits per heavy atom. The summed E-state index contributed by atoms with van der Waals surface area (Å²) in [5.41, 5.74) is 1.43. The Hall–Kier alpha value is -0.860. The summed E-state index contributed by atoms with van der Waals surface area (Å²) in [5, 5.41) is 3.52. The molecule has 1 heterocycles. The van der Waals surface area contributed by atoms with Gasteiger partial charge >= 0.3 is 0 Å². The van der Waals surface area contributed by atoms with Crippen LogP contribution in [0, 0.1) is 0 Å². The SMILES string of the molecule is CCC1CNCCCN1Cc1ccccc1. The smallest absolute Gasteiger partial charge is 0.0237 e. The van der Waals surface area contributed by atoms with Crippen molar-refractivity contribution in [2.45, 2.75) is 32.4 Å². The van der Waals surface area contributed by atoms with Crippen molar-refractivity contribution in [1.29, 1.82) is 0 Å². The van der Waals surface area contributed by atoms with Crippen LogP contribution in [0.15, 0.2) is 30.3 Å². The highest BCUT2D eigenvalue weighted by Gasteiger charge is 2.18. The number of rotatable bonds is 3. The molecule has 1 atom stereocenters. The third-order valence-corrected chi connectivity index (χ3v) is 3.39. The molecule has 0 saturated carbocycles. The molecular weight excluding hydrogens is 196 g/mol. The minimum atomic E-state index is 0.697. The maximum absolute atomic E-state index is 3.52. The molecule has 1 aliphatic rings. The van der Waals surface area contributed by atoms with Crippen molar-refractivity contribution in [2.24, 2.45) is 0 Å². The van der Waals surface area contributed by atoms with Crippen LogP contribution in [0.3, 0.4) is 0 Å². The average molecular weight is 218 g/mol. The van der Waals surface area contributed by atoms with E-state index >= 15 is 0 Å². The molecule has 0 bridgehead atoms. The Morgan fingerprint density at radius 2 is 2.12 bits per heavy atom. The minimum absolute atomic E-state index is 0.697. The molecule has 1 aliphatic heterocycles. The van der Waals surface area contributed by atoms with Crippen LogP contribution < -0.4 is 5.32 Å². The fraction of sp³-hybridized carbons (Fsp3) is 0.571. The molecule has 1 unspecified atom stereocenters. The zero-order valence-electron chi connectivity index (χ0n) is 10.2. The molecule has 2 rings (SSSR count). The monoisotopic (exact) mass is 218 g/mol. The molecule has 16 heavy (non-hydrogen) atoms. The highest BCUT2D eigenvalue weighted by Crippen LogP contribution is 2.12. The van der Waals surface area contributed by atoms with Gasteiger partial charge in [-0.1, -0.05) is 37.3 Å². The Balaban J connectivity index is 2.00. The topological polar surface area (TPSA) is 15.3 Å². The summed E-state index contributed by atoms with van der Waals surface area (Å²) in [4.78, 5) is 2.62. The Labute approximate surface area is 98.7 Å². The van der Waals surface area contributed by atoms with Crippen LogP contribution in [-0.2, 0) is 6.54 Å². The van der Waals surface area contributed by atoms with E-state index in [2.05, 4.69) is 47.5 Å². The summed E-state index contributed by atoms with van der Waals surface area (Å²) < 4.78 is 0. The normalized spacial score (nSPS) is 22.9. The summed E-state index contributed by atoms with van der Waals surface area (Å²) in [6.07, 6.45) is 2.50. The Kier molecular flexibility index (Phi) is 4.37. The first-order valence-corrected chi connectivity index (χ1v) is 6.39. The summed E-state index contributed by atoms with van der Waals surface area (Å²) in [7, 11) is 0. The van der Waals surface area contributed by atoms with E-state index < -0.39 is 0 Å². The first-order chi connectivity index (χ1) is 7.90. The van der Waals surface area contributed by atoms with Gasteiger partial charge in [-0.3, -0.25) is 4.90 Å². The molecule has 0 radical (unpaired) electrons. The second kappa shape index (κ2) is 6.02. The third-order valence-electron chi connectivity index (χ3n) is 3.39. The lowest BCUT2D eigenvalue weighted by Gasteiger charge is -2.28. The molecule has 88 valence electrons. The highest BCUT2D eigenvalue weighted by molar-refractivity contribution is 5.14. The van der Waals surface area contributed by atoms with Gasteiger partial charge in [-0.2, -0.15) is 0 Å². The number of hydrogen-bond donors (Lipinski definition) is 1. The van der Waals surface area contributed by atoms with E-state index in [-0.39, 0.29) is 0 Å². The van der Waals surface area contributed by atoms with Crippen molar-refractivity contribution in [3.05, 3.63) is 35.9 Å². The number of hydrogen-bond acceptors (Lipinski definition) is 2. The second-order valence-electron chi connectivity index (χ2n) is 4.58. The van der Waals surface area contributed by atoms with E-state index in [9.17, 15) is 0 Å². The van der Waals surface area contributed by atoms with E-state index in [1.807, 2.05) is 0 Å². The van der Waals surface area contributed by atoms with Gasteiger partial charge in [0.2, 0.25) is 0 Å². The molecule has 1 aromatic rings. The van der Waals surface area contributed by atoms with Crippen LogP contribution in [0.1, 0.15) is 25.3 Å². The first kappa shape index (κ1) is 11.6. The van der Waals surface area contributed by atoms with E-state index in [1.54, 1.807) is 0 Å². The molecule has 0 spiro atoms. The van der Waals surface area contributed by atoms with Crippen LogP contribution in [0.5, 0.6) is 0 Å². The number of nitrogens with one attached hydrogen (secondary N) is 1. The van der Waals surface area contributed by atoms with Gasteiger partial charge in [0, 0.05) is 25.7 Å². The third kappa shape index (κ3) is 3.06. The van der Waals surface area contributed by atoms with Crippen LogP contribution in [-0.4, -0.2) is 30.6 Å².